The maximum absolute atomic E-state index is 12.6. The number of amides is 2. The first-order valence-corrected chi connectivity index (χ1v) is 10.6. The van der Waals surface area contributed by atoms with Gasteiger partial charge in [0.2, 0.25) is 5.91 Å². The zero-order chi connectivity index (χ0) is 21.1. The van der Waals surface area contributed by atoms with Gasteiger partial charge in [-0.1, -0.05) is 43.3 Å². The van der Waals surface area contributed by atoms with Crippen LogP contribution in [-0.2, 0) is 11.2 Å². The molecule has 7 heteroatoms. The number of aryl methyl sites for hydroxylation is 2. The first-order chi connectivity index (χ1) is 14.6. The molecule has 0 fully saturated rings. The highest BCUT2D eigenvalue weighted by atomic mass is 32.1. The molecule has 0 aliphatic carbocycles. The minimum atomic E-state index is -0.269. The number of hydrogen-bond acceptors (Lipinski definition) is 4. The smallest absolute Gasteiger partial charge is 0.261 e. The summed E-state index contributed by atoms with van der Waals surface area (Å²) in [7, 11) is 0. The van der Waals surface area contributed by atoms with E-state index in [-0.39, 0.29) is 18.4 Å². The average molecular weight is 419 g/mol. The lowest BCUT2D eigenvalue weighted by atomic mass is 10.1. The highest BCUT2D eigenvalue weighted by Gasteiger charge is 2.17. The predicted octanol–water partition coefficient (Wildman–Crippen LogP) is 4.33. The Hall–Kier alpha value is -3.45. The van der Waals surface area contributed by atoms with Crippen molar-refractivity contribution in [1.29, 1.82) is 0 Å². The van der Waals surface area contributed by atoms with Crippen LogP contribution in [0, 0.1) is 6.92 Å². The molecule has 152 valence electrons. The van der Waals surface area contributed by atoms with Crippen LogP contribution in [-0.4, -0.2) is 28.1 Å². The van der Waals surface area contributed by atoms with Crippen molar-refractivity contribution >= 4 is 39.1 Å². The number of fused-ring (bicyclic) bond motifs is 1. The van der Waals surface area contributed by atoms with Gasteiger partial charge in [-0.2, -0.15) is 5.10 Å². The fraction of sp³-hybridized carbons (Fsp3) is 0.174. The van der Waals surface area contributed by atoms with Crippen LogP contribution in [0.1, 0.15) is 27.9 Å². The van der Waals surface area contributed by atoms with Gasteiger partial charge in [-0.3, -0.25) is 9.59 Å². The second-order valence-corrected chi connectivity index (χ2v) is 7.93. The molecule has 0 aliphatic heterocycles. The molecule has 2 aromatic carbocycles. The average Bonchev–Trinajstić information content (AvgIpc) is 3.34. The van der Waals surface area contributed by atoms with Gasteiger partial charge >= 0.3 is 0 Å². The number of benzene rings is 2. The van der Waals surface area contributed by atoms with E-state index in [4.69, 9.17) is 0 Å². The summed E-state index contributed by atoms with van der Waals surface area (Å²) < 4.78 is 1.85. The summed E-state index contributed by atoms with van der Waals surface area (Å²) in [6.45, 7) is 3.87. The van der Waals surface area contributed by atoms with E-state index < -0.39 is 0 Å². The van der Waals surface area contributed by atoms with E-state index in [2.05, 4.69) is 15.7 Å². The molecule has 6 nitrogen and oxygen atoms in total. The number of thiophene rings is 1. The molecule has 0 bridgehead atoms. The summed E-state index contributed by atoms with van der Waals surface area (Å²) in [4.78, 5) is 26.4. The van der Waals surface area contributed by atoms with Crippen LogP contribution in [0.3, 0.4) is 0 Å². The van der Waals surface area contributed by atoms with Gasteiger partial charge in [0.1, 0.15) is 4.83 Å². The first kappa shape index (κ1) is 19.8. The van der Waals surface area contributed by atoms with Crippen molar-refractivity contribution in [2.45, 2.75) is 20.3 Å². The van der Waals surface area contributed by atoms with Gasteiger partial charge in [0.05, 0.1) is 22.8 Å². The Morgan fingerprint density at radius 3 is 2.57 bits per heavy atom. The summed E-state index contributed by atoms with van der Waals surface area (Å²) in [5, 5.41) is 11.1. The molecule has 0 atom stereocenters. The van der Waals surface area contributed by atoms with Crippen LogP contribution in [0.4, 0.5) is 5.69 Å². The molecule has 0 spiro atoms. The third-order valence-corrected chi connectivity index (χ3v) is 5.96. The topological polar surface area (TPSA) is 76.0 Å². The summed E-state index contributed by atoms with van der Waals surface area (Å²) >= 11 is 1.37. The molecule has 4 rings (SSSR count). The van der Waals surface area contributed by atoms with Crippen LogP contribution in [0.25, 0.3) is 15.9 Å². The van der Waals surface area contributed by atoms with Gasteiger partial charge < -0.3 is 10.6 Å². The normalized spacial score (nSPS) is 10.9. The van der Waals surface area contributed by atoms with E-state index >= 15 is 0 Å². The lowest BCUT2D eigenvalue weighted by Crippen LogP contribution is -2.32. The SMILES string of the molecule is CCc1ccccc1NC(=O)CNC(=O)c1cc2c(C)nn(-c3ccccc3)c2s1. The van der Waals surface area contributed by atoms with Crippen molar-refractivity contribution < 1.29 is 9.59 Å². The highest BCUT2D eigenvalue weighted by Crippen LogP contribution is 2.30. The Labute approximate surface area is 178 Å². The predicted molar refractivity (Wildman–Crippen MR) is 120 cm³/mol. The molecule has 0 saturated carbocycles. The molecule has 30 heavy (non-hydrogen) atoms. The third kappa shape index (κ3) is 3.97. The van der Waals surface area contributed by atoms with Gasteiger partial charge in [-0.05, 0) is 43.2 Å². The fourth-order valence-electron chi connectivity index (χ4n) is 3.30. The molecule has 2 aromatic heterocycles. The summed E-state index contributed by atoms with van der Waals surface area (Å²) in [6.07, 6.45) is 0.822. The second-order valence-electron chi connectivity index (χ2n) is 6.90. The van der Waals surface area contributed by atoms with Crippen molar-refractivity contribution in [1.82, 2.24) is 15.1 Å². The van der Waals surface area contributed by atoms with Gasteiger partial charge in [0.25, 0.3) is 5.91 Å². The van der Waals surface area contributed by atoms with Gasteiger partial charge in [-0.25, -0.2) is 4.68 Å². The Morgan fingerprint density at radius 2 is 1.80 bits per heavy atom. The lowest BCUT2D eigenvalue weighted by molar-refractivity contribution is -0.115. The maximum Gasteiger partial charge on any atom is 0.261 e. The third-order valence-electron chi connectivity index (χ3n) is 4.85. The number of carbonyl (C=O) groups is 2. The van der Waals surface area contributed by atoms with Crippen LogP contribution in [0.2, 0.25) is 0 Å². The van der Waals surface area contributed by atoms with Crippen LogP contribution in [0.15, 0.2) is 60.7 Å². The maximum atomic E-state index is 12.6. The van der Waals surface area contributed by atoms with Crippen LogP contribution in [0.5, 0.6) is 0 Å². The molecule has 2 heterocycles. The molecule has 0 saturated heterocycles. The monoisotopic (exact) mass is 418 g/mol. The minimum absolute atomic E-state index is 0.0884. The number of aromatic nitrogens is 2. The number of para-hydroxylation sites is 2. The standard InChI is InChI=1S/C23H22N4O2S/c1-3-16-9-7-8-12-19(16)25-21(28)14-24-22(29)20-13-18-15(2)26-27(23(18)30-20)17-10-5-4-6-11-17/h4-13H,3,14H2,1-2H3,(H,24,29)(H,25,28). The van der Waals surface area contributed by atoms with Crippen molar-refractivity contribution in [3.05, 3.63) is 76.8 Å². The van der Waals surface area contributed by atoms with E-state index in [1.165, 1.54) is 11.3 Å². The second kappa shape index (κ2) is 8.51. The Kier molecular flexibility index (Phi) is 5.63. The molecular weight excluding hydrogens is 396 g/mol. The number of carbonyl (C=O) groups excluding carboxylic acids is 2. The van der Waals surface area contributed by atoms with Crippen LogP contribution < -0.4 is 10.6 Å². The van der Waals surface area contributed by atoms with E-state index in [1.54, 1.807) is 0 Å². The minimum Gasteiger partial charge on any atom is -0.342 e. The van der Waals surface area contributed by atoms with Crippen molar-refractivity contribution in [3.63, 3.8) is 0 Å². The van der Waals surface area contributed by atoms with Crippen molar-refractivity contribution in [3.8, 4) is 5.69 Å². The number of nitrogens with one attached hydrogen (secondary N) is 2. The largest absolute Gasteiger partial charge is 0.342 e. The quantitative estimate of drug-likeness (QED) is 0.489. The number of nitrogens with zero attached hydrogens (tertiary/aromatic N) is 2. The Morgan fingerprint density at radius 1 is 1.07 bits per heavy atom. The summed E-state index contributed by atoms with van der Waals surface area (Å²) in [5.41, 5.74) is 3.64. The molecule has 2 amide bonds. The summed E-state index contributed by atoms with van der Waals surface area (Å²) in [5.74, 6) is -0.522. The lowest BCUT2D eigenvalue weighted by Gasteiger charge is -2.10. The number of hydrogen-bond donors (Lipinski definition) is 2. The zero-order valence-corrected chi connectivity index (χ0v) is 17.6. The van der Waals surface area contributed by atoms with Gasteiger partial charge in [-0.15, -0.1) is 11.3 Å². The zero-order valence-electron chi connectivity index (χ0n) is 16.8. The summed E-state index contributed by atoms with van der Waals surface area (Å²) in [6, 6.07) is 19.3. The van der Waals surface area contributed by atoms with Gasteiger partial charge in [0.15, 0.2) is 0 Å². The van der Waals surface area contributed by atoms with E-state index in [9.17, 15) is 9.59 Å². The number of rotatable bonds is 6. The van der Waals surface area contributed by atoms with Crippen molar-refractivity contribution in [2.24, 2.45) is 0 Å². The first-order valence-electron chi connectivity index (χ1n) is 9.77. The molecular formula is C23H22N4O2S. The molecule has 4 aromatic rings. The molecule has 0 unspecified atom stereocenters. The van der Waals surface area contributed by atoms with E-state index in [1.807, 2.05) is 79.2 Å². The molecule has 0 radical (unpaired) electrons. The Balaban J connectivity index is 1.47. The van der Waals surface area contributed by atoms with Gasteiger partial charge in [0, 0.05) is 11.1 Å². The van der Waals surface area contributed by atoms with E-state index in [0.717, 1.165) is 39.3 Å². The molecule has 0 aliphatic rings. The fourth-order valence-corrected chi connectivity index (χ4v) is 4.40. The number of anilines is 1. The van der Waals surface area contributed by atoms with Crippen molar-refractivity contribution in [2.75, 3.05) is 11.9 Å². The van der Waals surface area contributed by atoms with E-state index in [0.29, 0.717) is 4.88 Å². The highest BCUT2D eigenvalue weighted by molar-refractivity contribution is 7.20. The van der Waals surface area contributed by atoms with Crippen LogP contribution >= 0.6 is 11.3 Å². The Bertz CT molecular complexity index is 1210. The molecule has 2 N–H and O–H groups in total.